The van der Waals surface area contributed by atoms with Gasteiger partial charge in [0.05, 0.1) is 24.8 Å². The van der Waals surface area contributed by atoms with Crippen molar-refractivity contribution in [3.63, 3.8) is 0 Å². The van der Waals surface area contributed by atoms with E-state index in [-0.39, 0.29) is 47.2 Å². The Balaban J connectivity index is 1.85. The molecule has 0 aromatic heterocycles. The monoisotopic (exact) mass is 363 g/mol. The largest absolute Gasteiger partial charge is 0.492 e. The molecule has 0 aromatic carbocycles. The van der Waals surface area contributed by atoms with E-state index in [9.17, 15) is 14.4 Å². The predicted molar refractivity (Wildman–Crippen MR) is 87.6 cm³/mol. The van der Waals surface area contributed by atoms with Crippen LogP contribution in [-0.2, 0) is 23.8 Å². The summed E-state index contributed by atoms with van der Waals surface area (Å²) < 4.78 is 16.2. The molecule has 0 bridgehead atoms. The summed E-state index contributed by atoms with van der Waals surface area (Å²) in [6.07, 6.45) is -0.941. The molecule has 9 heteroatoms. The van der Waals surface area contributed by atoms with Crippen molar-refractivity contribution in [2.45, 2.75) is 24.7 Å². The minimum atomic E-state index is -0.950. The summed E-state index contributed by atoms with van der Waals surface area (Å²) in [4.78, 5) is 41.3. The van der Waals surface area contributed by atoms with E-state index in [0.717, 1.165) is 0 Å². The van der Waals surface area contributed by atoms with Crippen LogP contribution in [0.25, 0.3) is 0 Å². The van der Waals surface area contributed by atoms with Crippen LogP contribution in [0.5, 0.6) is 0 Å². The van der Waals surface area contributed by atoms with Crippen LogP contribution in [0, 0.1) is 5.92 Å². The molecule has 0 radical (unpaired) electrons. The molecule has 0 saturated carbocycles. The molecule has 3 aliphatic heterocycles. The van der Waals surface area contributed by atoms with E-state index in [1.807, 2.05) is 11.9 Å². The van der Waals surface area contributed by atoms with Gasteiger partial charge in [0, 0.05) is 30.8 Å². The number of nitrogens with zero attached hydrogens (tertiary/aromatic N) is 2. The number of hydrogen-bond acceptors (Lipinski definition) is 8. The Morgan fingerprint density at radius 3 is 2.58 bits per heavy atom. The molecule has 140 valence electrons. The van der Waals surface area contributed by atoms with Crippen molar-refractivity contribution < 1.29 is 28.6 Å². The number of carbonyl (C=O) groups excluding carboxylic acids is 3. The Kier molecular flexibility index (Phi) is 3.48. The molecule has 9 nitrogen and oxygen atoms in total. The molecule has 4 aliphatic rings. The highest BCUT2D eigenvalue weighted by Crippen LogP contribution is 2.59. The van der Waals surface area contributed by atoms with Gasteiger partial charge in [0.2, 0.25) is 11.6 Å². The van der Waals surface area contributed by atoms with Gasteiger partial charge in [-0.25, -0.2) is 4.79 Å². The van der Waals surface area contributed by atoms with Crippen molar-refractivity contribution in [3.8, 4) is 0 Å². The third-order valence-corrected chi connectivity index (χ3v) is 6.10. The fourth-order valence-electron chi connectivity index (χ4n) is 4.94. The van der Waals surface area contributed by atoms with Crippen LogP contribution in [0.4, 0.5) is 4.79 Å². The van der Waals surface area contributed by atoms with Crippen LogP contribution >= 0.6 is 0 Å². The highest BCUT2D eigenvalue weighted by Gasteiger charge is 2.75. The molecular formula is C17H21N3O6. The van der Waals surface area contributed by atoms with Gasteiger partial charge < -0.3 is 24.8 Å². The van der Waals surface area contributed by atoms with Gasteiger partial charge in [0.1, 0.15) is 6.61 Å². The first-order valence-electron chi connectivity index (χ1n) is 8.36. The van der Waals surface area contributed by atoms with Gasteiger partial charge in [-0.2, -0.15) is 0 Å². The fraction of sp³-hybridized carbons (Fsp3) is 0.588. The Bertz CT molecular complexity index is 802. The molecule has 5 atom stereocenters. The zero-order chi connectivity index (χ0) is 19.0. The fourth-order valence-corrected chi connectivity index (χ4v) is 4.94. The molecule has 2 fully saturated rings. The number of rotatable bonds is 4. The molecule has 3 unspecified atom stereocenters. The van der Waals surface area contributed by atoms with Gasteiger partial charge in [0.15, 0.2) is 11.5 Å². The number of piperazine rings is 1. The van der Waals surface area contributed by atoms with Crippen molar-refractivity contribution in [1.82, 2.24) is 9.80 Å². The number of fused-ring (bicyclic) bond motifs is 4. The van der Waals surface area contributed by atoms with Crippen LogP contribution in [-0.4, -0.2) is 79.7 Å². The second kappa shape index (κ2) is 5.31. The summed E-state index contributed by atoms with van der Waals surface area (Å²) in [6.45, 7) is 1.99. The van der Waals surface area contributed by atoms with Gasteiger partial charge in [-0.3, -0.25) is 14.5 Å². The zero-order valence-electron chi connectivity index (χ0n) is 15.1. The average molecular weight is 363 g/mol. The Morgan fingerprint density at radius 1 is 1.31 bits per heavy atom. The Morgan fingerprint density at radius 2 is 2.00 bits per heavy atom. The van der Waals surface area contributed by atoms with E-state index < -0.39 is 17.7 Å². The number of methoxy groups -OCH3 is 2. The van der Waals surface area contributed by atoms with Gasteiger partial charge in [-0.1, -0.05) is 0 Å². The lowest BCUT2D eigenvalue weighted by Gasteiger charge is -2.40. The van der Waals surface area contributed by atoms with Crippen molar-refractivity contribution in [3.05, 3.63) is 22.6 Å². The number of primary amides is 1. The molecule has 26 heavy (non-hydrogen) atoms. The quantitative estimate of drug-likeness (QED) is 0.520. The summed E-state index contributed by atoms with van der Waals surface area (Å²) in [5.74, 6) is -1.25. The highest BCUT2D eigenvalue weighted by molar-refractivity contribution is 6.25. The van der Waals surface area contributed by atoms with Gasteiger partial charge in [0.25, 0.3) is 0 Å². The van der Waals surface area contributed by atoms with Crippen molar-refractivity contribution >= 4 is 17.7 Å². The van der Waals surface area contributed by atoms with Crippen LogP contribution in [0.2, 0.25) is 0 Å². The van der Waals surface area contributed by atoms with E-state index in [1.165, 1.54) is 7.11 Å². The van der Waals surface area contributed by atoms with E-state index in [1.54, 1.807) is 14.0 Å². The van der Waals surface area contributed by atoms with E-state index in [2.05, 4.69) is 4.90 Å². The predicted octanol–water partition coefficient (Wildman–Crippen LogP) is -0.621. The van der Waals surface area contributed by atoms with Crippen molar-refractivity contribution in [1.29, 1.82) is 0 Å². The Labute approximate surface area is 150 Å². The lowest BCUT2D eigenvalue weighted by molar-refractivity contribution is -0.144. The molecule has 1 aliphatic carbocycles. The molecule has 2 N–H and O–H groups in total. The van der Waals surface area contributed by atoms with Gasteiger partial charge in [-0.15, -0.1) is 0 Å². The first-order chi connectivity index (χ1) is 12.3. The molecule has 4 rings (SSSR count). The first-order valence-corrected chi connectivity index (χ1v) is 8.36. The smallest absolute Gasteiger partial charge is 0.404 e. The number of allylic oxidation sites excluding steroid dienone is 2. The number of ketones is 2. The SMILES string of the molecule is COC1=C(C)C(=O)C2=C(C1=O)[C@@H](COC(N)=O)[C@@]1(OC)C3C(CN21)N3C. The van der Waals surface area contributed by atoms with Gasteiger partial charge in [-0.05, 0) is 14.0 Å². The topological polar surface area (TPSA) is 111 Å². The Hall–Kier alpha value is -2.39. The normalized spacial score (nSPS) is 37.6. The maximum absolute atomic E-state index is 13.1. The van der Waals surface area contributed by atoms with E-state index >= 15 is 0 Å². The molecule has 1 amide bonds. The molecule has 0 spiro atoms. The number of hydrogen-bond donors (Lipinski definition) is 1. The number of carbonyl (C=O) groups is 3. The van der Waals surface area contributed by atoms with Crippen LogP contribution < -0.4 is 5.73 Å². The lowest BCUT2D eigenvalue weighted by atomic mass is 9.83. The van der Waals surface area contributed by atoms with Crippen LogP contribution in [0.1, 0.15) is 6.92 Å². The van der Waals surface area contributed by atoms with Crippen LogP contribution in [0.3, 0.4) is 0 Å². The van der Waals surface area contributed by atoms with E-state index in [0.29, 0.717) is 12.2 Å². The third kappa shape index (κ3) is 1.79. The maximum atomic E-state index is 13.1. The molecule has 0 aromatic rings. The molecular weight excluding hydrogens is 342 g/mol. The summed E-state index contributed by atoms with van der Waals surface area (Å²) in [6, 6.07) is 0.211. The standard InChI is InChI=1S/C17H21N3O6/c1-7-12(21)11-10(13(22)14(7)24-3)8(6-26-16(18)23)17(25-4)15-9(19(15)2)5-20(11)17/h8-9,15H,5-6H2,1-4H3,(H2,18,23)/t8-,9?,15?,17-,19?/m1/s1. The number of ether oxygens (including phenoxy) is 3. The number of Topliss-reactive ketones (excluding diaryl/α,β-unsaturated/α-hetero) is 2. The maximum Gasteiger partial charge on any atom is 0.404 e. The number of amides is 1. The minimum Gasteiger partial charge on any atom is -0.492 e. The average Bonchev–Trinajstić information content (AvgIpc) is 3.00. The summed E-state index contributed by atoms with van der Waals surface area (Å²) in [7, 11) is 4.87. The molecule has 2 saturated heterocycles. The van der Waals surface area contributed by atoms with E-state index in [4.69, 9.17) is 19.9 Å². The van der Waals surface area contributed by atoms with Crippen molar-refractivity contribution in [2.24, 2.45) is 11.7 Å². The van der Waals surface area contributed by atoms with Crippen LogP contribution in [0.15, 0.2) is 22.6 Å². The second-order valence-electron chi connectivity index (χ2n) is 7.01. The van der Waals surface area contributed by atoms with Crippen molar-refractivity contribution in [2.75, 3.05) is 34.4 Å². The second-order valence-corrected chi connectivity index (χ2v) is 7.01. The summed E-state index contributed by atoms with van der Waals surface area (Å²) in [5, 5.41) is 0. The lowest BCUT2D eigenvalue weighted by Crippen LogP contribution is -2.55. The molecule has 3 heterocycles. The third-order valence-electron chi connectivity index (χ3n) is 6.10. The number of nitrogens with two attached hydrogens (primary N) is 1. The van der Waals surface area contributed by atoms with Gasteiger partial charge >= 0.3 is 6.09 Å². The summed E-state index contributed by atoms with van der Waals surface area (Å²) in [5.41, 5.74) is 5.07. The number of likely N-dealkylation sites (N-methyl/N-ethyl adjacent to an activating group) is 1. The zero-order valence-corrected chi connectivity index (χ0v) is 15.1. The minimum absolute atomic E-state index is 0.00789. The first kappa shape index (κ1) is 17.0. The highest BCUT2D eigenvalue weighted by atomic mass is 16.6. The summed E-state index contributed by atoms with van der Waals surface area (Å²) >= 11 is 0.